The summed E-state index contributed by atoms with van der Waals surface area (Å²) in [6.45, 7) is 2.36. The van der Waals surface area contributed by atoms with Crippen molar-refractivity contribution in [2.24, 2.45) is 0 Å². The van der Waals surface area contributed by atoms with Crippen LogP contribution in [0.15, 0.2) is 78.9 Å². The lowest BCUT2D eigenvalue weighted by Crippen LogP contribution is -2.38. The number of aromatic nitrogens is 6. The van der Waals surface area contributed by atoms with E-state index in [4.69, 9.17) is 0 Å². The van der Waals surface area contributed by atoms with Gasteiger partial charge in [-0.05, 0) is 57.7 Å². The van der Waals surface area contributed by atoms with Gasteiger partial charge in [-0.25, -0.2) is 5.10 Å². The number of rotatable bonds is 12. The number of carbonyl (C=O) groups is 2. The molecule has 2 aromatic heterocycles. The Balaban J connectivity index is 1.34. The third-order valence-electron chi connectivity index (χ3n) is 7.27. The summed E-state index contributed by atoms with van der Waals surface area (Å²) in [4.78, 5) is 24.8. The van der Waals surface area contributed by atoms with Crippen molar-refractivity contribution in [2.45, 2.75) is 51.4 Å². The van der Waals surface area contributed by atoms with E-state index in [0.29, 0.717) is 18.8 Å². The molecule has 5 aromatic rings. The van der Waals surface area contributed by atoms with Crippen molar-refractivity contribution in [2.75, 3.05) is 0 Å². The first kappa shape index (κ1) is 31.1. The zero-order chi connectivity index (χ0) is 32.0. The smallest absolute Gasteiger partial charge is 0.416 e. The van der Waals surface area contributed by atoms with Gasteiger partial charge in [0.05, 0.1) is 18.5 Å². The molecule has 0 aliphatic heterocycles. The van der Waals surface area contributed by atoms with E-state index in [-0.39, 0.29) is 17.7 Å². The van der Waals surface area contributed by atoms with Crippen LogP contribution in [0.3, 0.4) is 0 Å². The number of carboxylic acid groups (broad SMARTS) is 1. The average molecular weight is 618 g/mol. The van der Waals surface area contributed by atoms with Crippen LogP contribution in [0.5, 0.6) is 0 Å². The standard InChI is InChI=1S/C32H30F3N7O3/c1-2-7-24-18-28(31(45)36-23(17-29(43)44)16-22-8-3-6-11-27(22)32(33,34)35)39-42(24)19-20-12-14-21(15-13-20)25-9-4-5-10-26(25)30-37-40-41-38-30/h3-6,8-15,18,23H,2,7,16-17,19H2,1H3,(H,36,45)(H,43,44)(H,37,38,40,41)/t23-/m1/s1. The summed E-state index contributed by atoms with van der Waals surface area (Å²) in [6, 6.07) is 21.1. The van der Waals surface area contributed by atoms with Crippen LogP contribution in [0, 0.1) is 0 Å². The highest BCUT2D eigenvalue weighted by Crippen LogP contribution is 2.33. The Morgan fingerprint density at radius 2 is 1.71 bits per heavy atom. The fraction of sp³-hybridized carbons (Fsp3) is 0.250. The van der Waals surface area contributed by atoms with E-state index >= 15 is 0 Å². The Hall–Kier alpha value is -5.33. The van der Waals surface area contributed by atoms with Gasteiger partial charge in [0, 0.05) is 17.3 Å². The van der Waals surface area contributed by atoms with E-state index in [1.165, 1.54) is 18.2 Å². The number of hydrogen-bond acceptors (Lipinski definition) is 6. The fourth-order valence-corrected chi connectivity index (χ4v) is 5.22. The van der Waals surface area contributed by atoms with Crippen LogP contribution >= 0.6 is 0 Å². The first-order valence-corrected chi connectivity index (χ1v) is 14.3. The summed E-state index contributed by atoms with van der Waals surface area (Å²) in [5, 5.41) is 30.6. The van der Waals surface area contributed by atoms with Gasteiger partial charge in [0.25, 0.3) is 5.91 Å². The van der Waals surface area contributed by atoms with E-state index in [1.54, 1.807) is 10.7 Å². The van der Waals surface area contributed by atoms with Crippen molar-refractivity contribution >= 4 is 11.9 Å². The molecule has 1 amide bonds. The lowest BCUT2D eigenvalue weighted by molar-refractivity contribution is -0.138. The third-order valence-corrected chi connectivity index (χ3v) is 7.27. The second kappa shape index (κ2) is 13.5. The molecule has 0 saturated heterocycles. The van der Waals surface area contributed by atoms with Gasteiger partial charge in [-0.3, -0.25) is 14.3 Å². The summed E-state index contributed by atoms with van der Waals surface area (Å²) < 4.78 is 42.4. The van der Waals surface area contributed by atoms with Gasteiger partial charge in [-0.15, -0.1) is 5.10 Å². The molecule has 0 aliphatic rings. The minimum absolute atomic E-state index is 0.0594. The van der Waals surface area contributed by atoms with Gasteiger partial charge >= 0.3 is 12.1 Å². The lowest BCUT2D eigenvalue weighted by atomic mass is 9.98. The largest absolute Gasteiger partial charge is 0.481 e. The first-order chi connectivity index (χ1) is 21.6. The molecule has 0 radical (unpaired) electrons. The molecule has 232 valence electrons. The zero-order valence-corrected chi connectivity index (χ0v) is 24.3. The van der Waals surface area contributed by atoms with E-state index in [0.717, 1.165) is 40.4 Å². The Morgan fingerprint density at radius 1 is 1.00 bits per heavy atom. The molecular weight excluding hydrogens is 587 g/mol. The molecule has 0 fully saturated rings. The number of aliphatic carboxylic acids is 1. The van der Waals surface area contributed by atoms with Crippen molar-refractivity contribution in [3.05, 3.63) is 107 Å². The average Bonchev–Trinajstić information content (AvgIpc) is 3.68. The molecule has 3 aromatic carbocycles. The van der Waals surface area contributed by atoms with Crippen molar-refractivity contribution in [3.63, 3.8) is 0 Å². The lowest BCUT2D eigenvalue weighted by Gasteiger charge is -2.19. The first-order valence-electron chi connectivity index (χ1n) is 14.3. The number of benzene rings is 3. The summed E-state index contributed by atoms with van der Waals surface area (Å²) in [5.41, 5.74) is 3.57. The van der Waals surface area contributed by atoms with Crippen molar-refractivity contribution in [1.29, 1.82) is 0 Å². The number of H-pyrrole nitrogens is 1. The Kier molecular flexibility index (Phi) is 9.36. The topological polar surface area (TPSA) is 139 Å². The molecule has 3 N–H and O–H groups in total. The Labute approximate surface area is 256 Å². The van der Waals surface area contributed by atoms with Crippen LogP contribution in [0.1, 0.15) is 52.6 Å². The molecule has 0 aliphatic carbocycles. The van der Waals surface area contributed by atoms with Crippen LogP contribution in [0.4, 0.5) is 13.2 Å². The van der Waals surface area contributed by atoms with Crippen LogP contribution in [-0.4, -0.2) is 53.4 Å². The minimum Gasteiger partial charge on any atom is -0.481 e. The number of hydrogen-bond donors (Lipinski definition) is 3. The van der Waals surface area contributed by atoms with Crippen LogP contribution in [0.25, 0.3) is 22.5 Å². The van der Waals surface area contributed by atoms with Gasteiger partial charge in [0.15, 0.2) is 5.82 Å². The predicted octanol–water partition coefficient (Wildman–Crippen LogP) is 5.57. The molecule has 2 heterocycles. The highest BCUT2D eigenvalue weighted by molar-refractivity contribution is 5.93. The third kappa shape index (κ3) is 7.61. The quantitative estimate of drug-likeness (QED) is 0.167. The number of halogens is 3. The molecule has 5 rings (SSSR count). The second-order valence-electron chi connectivity index (χ2n) is 10.5. The summed E-state index contributed by atoms with van der Waals surface area (Å²) >= 11 is 0. The monoisotopic (exact) mass is 617 g/mol. The minimum atomic E-state index is -4.61. The van der Waals surface area contributed by atoms with Crippen molar-refractivity contribution in [1.82, 2.24) is 35.7 Å². The predicted molar refractivity (Wildman–Crippen MR) is 159 cm³/mol. The highest BCUT2D eigenvalue weighted by atomic mass is 19.4. The summed E-state index contributed by atoms with van der Waals surface area (Å²) in [6.07, 6.45) is -4.05. The Bertz CT molecular complexity index is 1770. The van der Waals surface area contributed by atoms with Crippen LogP contribution in [-0.2, 0) is 30.4 Å². The Morgan fingerprint density at radius 3 is 2.38 bits per heavy atom. The van der Waals surface area contributed by atoms with Crippen molar-refractivity contribution in [3.8, 4) is 22.5 Å². The van der Waals surface area contributed by atoms with E-state index in [9.17, 15) is 27.9 Å². The molecule has 13 heteroatoms. The summed E-state index contributed by atoms with van der Waals surface area (Å²) in [7, 11) is 0. The molecule has 0 unspecified atom stereocenters. The number of amides is 1. The van der Waals surface area contributed by atoms with E-state index < -0.39 is 36.1 Å². The molecule has 1 atom stereocenters. The number of nitrogens with zero attached hydrogens (tertiary/aromatic N) is 5. The highest BCUT2D eigenvalue weighted by Gasteiger charge is 2.34. The van der Waals surface area contributed by atoms with E-state index in [2.05, 4.69) is 31.0 Å². The maximum absolute atomic E-state index is 13.5. The molecule has 0 spiro atoms. The number of tetrazole rings is 1. The molecular formula is C32H30F3N7O3. The van der Waals surface area contributed by atoms with Crippen molar-refractivity contribution < 1.29 is 27.9 Å². The molecule has 45 heavy (non-hydrogen) atoms. The van der Waals surface area contributed by atoms with Gasteiger partial charge in [-0.1, -0.05) is 80.1 Å². The molecule has 0 bridgehead atoms. The number of aryl methyl sites for hydroxylation is 1. The maximum Gasteiger partial charge on any atom is 0.416 e. The number of alkyl halides is 3. The number of carboxylic acids is 1. The zero-order valence-electron chi connectivity index (χ0n) is 24.3. The van der Waals surface area contributed by atoms with Gasteiger partial charge in [0.2, 0.25) is 0 Å². The normalized spacial score (nSPS) is 12.2. The van der Waals surface area contributed by atoms with Gasteiger partial charge in [-0.2, -0.15) is 18.3 Å². The fourth-order valence-electron chi connectivity index (χ4n) is 5.22. The number of carbonyl (C=O) groups excluding carboxylic acids is 1. The van der Waals surface area contributed by atoms with Crippen LogP contribution < -0.4 is 5.32 Å². The molecule has 0 saturated carbocycles. The summed E-state index contributed by atoms with van der Waals surface area (Å²) in [5.74, 6) is -1.35. The second-order valence-corrected chi connectivity index (χ2v) is 10.5. The number of nitrogens with one attached hydrogen (secondary N) is 2. The van der Waals surface area contributed by atoms with Crippen LogP contribution in [0.2, 0.25) is 0 Å². The van der Waals surface area contributed by atoms with E-state index in [1.807, 2.05) is 55.5 Å². The SMILES string of the molecule is CCCc1cc(C(=O)N[C@@H](CC(=O)O)Cc2ccccc2C(F)(F)F)nn1Cc1ccc(-c2ccccc2-c2nnn[nH]2)cc1. The molecule has 10 nitrogen and oxygen atoms in total. The van der Waals surface area contributed by atoms with Gasteiger partial charge in [0.1, 0.15) is 5.69 Å². The number of aromatic amines is 1. The van der Waals surface area contributed by atoms with Gasteiger partial charge < -0.3 is 10.4 Å². The maximum atomic E-state index is 13.5.